The fourth-order valence-corrected chi connectivity index (χ4v) is 4.88. The molecular weight excluding hydrogens is 576 g/mol. The van der Waals surface area contributed by atoms with Crippen molar-refractivity contribution in [2.45, 2.75) is 71.1 Å². The number of hydrogen-bond donors (Lipinski definition) is 6. The highest BCUT2D eigenvalue weighted by atomic mass is 32.1. The average molecular weight is 621 g/mol. The second kappa shape index (κ2) is 18.9. The molecule has 2 rings (SSSR count). The van der Waals surface area contributed by atoms with Crippen LogP contribution in [-0.4, -0.2) is 78.8 Å². The first-order valence-corrected chi connectivity index (χ1v) is 15.0. The lowest BCUT2D eigenvalue weighted by atomic mass is 9.98. The zero-order valence-corrected chi connectivity index (χ0v) is 25.9. The summed E-state index contributed by atoms with van der Waals surface area (Å²) in [7, 11) is 1.80. The van der Waals surface area contributed by atoms with Crippen molar-refractivity contribution in [3.05, 3.63) is 29.8 Å². The molecule has 2 atom stereocenters. The Hall–Kier alpha value is -3.49. The Balaban J connectivity index is 1.94. The van der Waals surface area contributed by atoms with Crippen molar-refractivity contribution in [2.24, 2.45) is 11.8 Å². The Morgan fingerprint density at radius 1 is 1.02 bits per heavy atom. The molecule has 0 spiro atoms. The molecule has 0 saturated carbocycles. The van der Waals surface area contributed by atoms with E-state index in [1.807, 2.05) is 0 Å². The average Bonchev–Trinajstić information content (AvgIpc) is 2.99. The van der Waals surface area contributed by atoms with Crippen LogP contribution in [0, 0.1) is 11.8 Å². The van der Waals surface area contributed by atoms with E-state index in [0.717, 1.165) is 5.56 Å². The topological polar surface area (TPSA) is 175 Å². The molecule has 5 N–H and O–H groups in total. The largest absolute Gasteiger partial charge is 0.344 e. The highest BCUT2D eigenvalue weighted by Gasteiger charge is 2.30. The van der Waals surface area contributed by atoms with E-state index in [1.54, 1.807) is 50.1 Å². The van der Waals surface area contributed by atoms with Crippen LogP contribution in [0.5, 0.6) is 0 Å². The molecule has 0 aromatic heterocycles. The Kier molecular flexibility index (Phi) is 15.7. The lowest BCUT2D eigenvalue weighted by molar-refractivity contribution is -0.136. The number of nitrogens with one attached hydrogen (secondary N) is 5. The monoisotopic (exact) mass is 620 g/mol. The highest BCUT2D eigenvalue weighted by Crippen LogP contribution is 2.20. The zero-order chi connectivity index (χ0) is 31.8. The van der Waals surface area contributed by atoms with E-state index in [4.69, 9.17) is 4.84 Å². The molecule has 1 fully saturated rings. The van der Waals surface area contributed by atoms with Gasteiger partial charge in [0.05, 0.1) is 6.61 Å². The van der Waals surface area contributed by atoms with Crippen molar-refractivity contribution in [1.29, 1.82) is 0 Å². The highest BCUT2D eigenvalue weighted by molar-refractivity contribution is 7.96. The van der Waals surface area contributed by atoms with Crippen LogP contribution >= 0.6 is 12.6 Å². The van der Waals surface area contributed by atoms with Gasteiger partial charge in [0.2, 0.25) is 30.0 Å². The van der Waals surface area contributed by atoms with Gasteiger partial charge in [0.1, 0.15) is 12.1 Å². The fourth-order valence-electron chi connectivity index (χ4n) is 4.62. The third-order valence-electron chi connectivity index (χ3n) is 7.17. The van der Waals surface area contributed by atoms with E-state index in [9.17, 15) is 28.8 Å². The van der Waals surface area contributed by atoms with Gasteiger partial charge in [-0.05, 0) is 62.9 Å². The van der Waals surface area contributed by atoms with E-state index < -0.39 is 29.8 Å². The Morgan fingerprint density at radius 2 is 1.70 bits per heavy atom. The molecule has 1 heterocycles. The lowest BCUT2D eigenvalue weighted by Gasteiger charge is -2.30. The third kappa shape index (κ3) is 12.7. The number of likely N-dealkylation sites (tertiary alicyclic amines) is 1. The molecule has 238 valence electrons. The minimum absolute atomic E-state index is 0.00861. The molecule has 2 unspecified atom stereocenters. The predicted octanol–water partition coefficient (Wildman–Crippen LogP) is 0.903. The summed E-state index contributed by atoms with van der Waals surface area (Å²) in [6, 6.07) is 5.08. The first-order valence-electron chi connectivity index (χ1n) is 14.5. The maximum atomic E-state index is 13.3. The Labute approximate surface area is 258 Å². The Bertz CT molecular complexity index is 1090. The first-order chi connectivity index (χ1) is 20.5. The molecule has 1 aliphatic heterocycles. The zero-order valence-electron chi connectivity index (χ0n) is 25.0. The summed E-state index contributed by atoms with van der Waals surface area (Å²) in [6.07, 6.45) is 2.43. The summed E-state index contributed by atoms with van der Waals surface area (Å²) in [5.41, 5.74) is 3.40. The third-order valence-corrected chi connectivity index (χ3v) is 7.54. The van der Waals surface area contributed by atoms with Crippen molar-refractivity contribution in [3.8, 4) is 0 Å². The molecular formula is C29H44N6O7S. The molecule has 0 radical (unpaired) electrons. The molecule has 1 aliphatic rings. The van der Waals surface area contributed by atoms with Gasteiger partial charge in [-0.3, -0.25) is 33.6 Å². The van der Waals surface area contributed by atoms with Gasteiger partial charge in [-0.2, -0.15) is 0 Å². The molecule has 5 amide bonds. The van der Waals surface area contributed by atoms with Crippen LogP contribution < -0.4 is 26.7 Å². The van der Waals surface area contributed by atoms with Crippen LogP contribution in [0.2, 0.25) is 0 Å². The summed E-state index contributed by atoms with van der Waals surface area (Å²) in [5, 5.41) is 11.2. The quantitative estimate of drug-likeness (QED) is 0.0608. The number of carbonyl (C=O) groups excluding carboxylic acids is 6. The van der Waals surface area contributed by atoms with Crippen molar-refractivity contribution in [1.82, 2.24) is 26.3 Å². The van der Waals surface area contributed by atoms with Gasteiger partial charge < -0.3 is 26.2 Å². The molecule has 0 bridgehead atoms. The van der Waals surface area contributed by atoms with Crippen LogP contribution in [0.3, 0.4) is 0 Å². The van der Waals surface area contributed by atoms with E-state index in [-0.39, 0.29) is 42.3 Å². The molecule has 1 aromatic carbocycles. The number of thiol groups is 1. The van der Waals surface area contributed by atoms with Gasteiger partial charge in [0, 0.05) is 37.5 Å². The normalized spacial score (nSPS) is 14.9. The number of piperidine rings is 1. The minimum atomic E-state index is -0.904. The van der Waals surface area contributed by atoms with Crippen LogP contribution in [0.4, 0.5) is 5.69 Å². The van der Waals surface area contributed by atoms with Gasteiger partial charge in [0.25, 0.3) is 0 Å². The summed E-state index contributed by atoms with van der Waals surface area (Å²) >= 11 is 3.88. The number of rotatable bonds is 18. The van der Waals surface area contributed by atoms with Crippen LogP contribution in [0.1, 0.15) is 57.9 Å². The van der Waals surface area contributed by atoms with Gasteiger partial charge in [0.15, 0.2) is 5.12 Å². The smallest absolute Gasteiger partial charge is 0.246 e. The summed E-state index contributed by atoms with van der Waals surface area (Å²) in [5.74, 6) is -1.94. The molecule has 1 aromatic rings. The summed E-state index contributed by atoms with van der Waals surface area (Å²) in [6.45, 7) is 5.27. The molecule has 14 heteroatoms. The standard InChI is InChI=1S/C29H44N6O7S/c1-19(2)26(34-24(37)10-11-25(38)35-15-12-21(13-16-35)29(41)43)28(40)33-23(5-4-14-30-3)27(39)32-22-8-6-20(7-9-22)17-42-31-18-36/h6-9,18-19,21,23,26,30H,4-5,10-17H2,1-3H3,(H,31,36)(H,32,39)(H,33,40)(H,34,37)(H,41,43). The summed E-state index contributed by atoms with van der Waals surface area (Å²) < 4.78 is 0. The van der Waals surface area contributed by atoms with E-state index in [2.05, 4.69) is 39.4 Å². The van der Waals surface area contributed by atoms with Crippen molar-refractivity contribution >= 4 is 53.5 Å². The number of anilines is 1. The maximum absolute atomic E-state index is 13.3. The van der Waals surface area contributed by atoms with E-state index >= 15 is 0 Å². The van der Waals surface area contributed by atoms with Gasteiger partial charge in [-0.25, -0.2) is 5.48 Å². The van der Waals surface area contributed by atoms with Crippen LogP contribution in [0.25, 0.3) is 0 Å². The summed E-state index contributed by atoms with van der Waals surface area (Å²) in [4.78, 5) is 80.1. The number of benzene rings is 1. The predicted molar refractivity (Wildman–Crippen MR) is 163 cm³/mol. The molecule has 0 aliphatic carbocycles. The van der Waals surface area contributed by atoms with Gasteiger partial charge in [-0.1, -0.05) is 26.0 Å². The van der Waals surface area contributed by atoms with E-state index in [0.29, 0.717) is 57.4 Å². The van der Waals surface area contributed by atoms with Crippen molar-refractivity contribution in [3.63, 3.8) is 0 Å². The molecule has 13 nitrogen and oxygen atoms in total. The van der Waals surface area contributed by atoms with Gasteiger partial charge >= 0.3 is 0 Å². The number of nitrogens with zero attached hydrogens (tertiary/aromatic N) is 1. The number of amides is 5. The lowest BCUT2D eigenvalue weighted by Crippen LogP contribution is -2.54. The maximum Gasteiger partial charge on any atom is 0.246 e. The van der Waals surface area contributed by atoms with Crippen molar-refractivity contribution in [2.75, 3.05) is 32.0 Å². The van der Waals surface area contributed by atoms with Crippen molar-refractivity contribution < 1.29 is 33.6 Å². The second-order valence-corrected chi connectivity index (χ2v) is 11.2. The number of hydrogen-bond acceptors (Lipinski definition) is 8. The first kappa shape index (κ1) is 35.7. The van der Waals surface area contributed by atoms with Crippen LogP contribution in [0.15, 0.2) is 24.3 Å². The number of hydroxylamine groups is 1. The molecule has 43 heavy (non-hydrogen) atoms. The van der Waals surface area contributed by atoms with Crippen LogP contribution in [-0.2, 0) is 40.2 Å². The van der Waals surface area contributed by atoms with E-state index in [1.165, 1.54) is 0 Å². The SMILES string of the molecule is CNCCCC(NC(=O)C(NC(=O)CCC(=O)N1CCC(C(=O)S)CC1)C(C)C)C(=O)Nc1ccc(CONC=O)cc1. The van der Waals surface area contributed by atoms with Gasteiger partial charge in [-0.15, -0.1) is 12.6 Å². The number of carbonyl (C=O) groups is 6. The Morgan fingerprint density at radius 3 is 2.28 bits per heavy atom. The molecule has 1 saturated heterocycles. The second-order valence-electron chi connectivity index (χ2n) is 10.8. The minimum Gasteiger partial charge on any atom is -0.344 e. The fraction of sp³-hybridized carbons (Fsp3) is 0.586.